The molecule has 8 nitrogen and oxygen atoms in total. The number of hydrogen-bond acceptors (Lipinski definition) is 7. The summed E-state index contributed by atoms with van der Waals surface area (Å²) in [5.41, 5.74) is 3.00. The Hall–Kier alpha value is -3.67. The maximum Gasteiger partial charge on any atom is 0.573 e. The summed E-state index contributed by atoms with van der Waals surface area (Å²) in [5, 5.41) is 4.47. The molecule has 0 N–H and O–H groups in total. The van der Waals surface area contributed by atoms with Gasteiger partial charge < -0.3 is 9.47 Å². The van der Waals surface area contributed by atoms with E-state index in [2.05, 4.69) is 19.8 Å². The summed E-state index contributed by atoms with van der Waals surface area (Å²) < 4.78 is 65.0. The first-order chi connectivity index (χ1) is 18.1. The van der Waals surface area contributed by atoms with Crippen molar-refractivity contribution < 1.29 is 27.0 Å². The molecule has 0 spiro atoms. The van der Waals surface area contributed by atoms with Crippen LogP contribution >= 0.6 is 0 Å². The Bertz CT molecular complexity index is 1520. The van der Waals surface area contributed by atoms with Crippen molar-refractivity contribution in [3.63, 3.8) is 0 Å². The van der Waals surface area contributed by atoms with Gasteiger partial charge in [-0.15, -0.1) is 13.2 Å². The van der Waals surface area contributed by atoms with Crippen LogP contribution in [-0.4, -0.2) is 42.7 Å². The van der Waals surface area contributed by atoms with Crippen LogP contribution in [0.1, 0.15) is 66.5 Å². The fraction of sp³-hybridized carbons (Fsp3) is 0.423. The molecule has 0 bridgehead atoms. The molecule has 198 valence electrons. The summed E-state index contributed by atoms with van der Waals surface area (Å²) in [6, 6.07) is 3.41. The van der Waals surface area contributed by atoms with Crippen LogP contribution in [0, 0.1) is 19.7 Å². The largest absolute Gasteiger partial charge is 0.573 e. The number of benzene rings is 1. The Morgan fingerprint density at radius 3 is 2.55 bits per heavy atom. The smallest absolute Gasteiger partial charge is 0.406 e. The molecule has 1 aliphatic heterocycles. The Morgan fingerprint density at radius 2 is 1.82 bits per heavy atom. The summed E-state index contributed by atoms with van der Waals surface area (Å²) >= 11 is 0. The molecule has 4 heterocycles. The van der Waals surface area contributed by atoms with Gasteiger partial charge in [0.25, 0.3) is 0 Å². The van der Waals surface area contributed by atoms with Gasteiger partial charge in [0, 0.05) is 35.9 Å². The van der Waals surface area contributed by atoms with Crippen molar-refractivity contribution in [2.45, 2.75) is 64.0 Å². The van der Waals surface area contributed by atoms with Crippen LogP contribution < -0.4 is 4.74 Å². The molecule has 38 heavy (non-hydrogen) atoms. The van der Waals surface area contributed by atoms with Crippen molar-refractivity contribution in [3.8, 4) is 17.0 Å². The number of ether oxygens (including phenoxy) is 2. The zero-order valence-electron chi connectivity index (χ0n) is 20.7. The molecule has 2 aliphatic rings. The molecule has 1 saturated heterocycles. The molecule has 2 fully saturated rings. The van der Waals surface area contributed by atoms with E-state index < -0.39 is 17.9 Å². The van der Waals surface area contributed by atoms with E-state index in [0.717, 1.165) is 24.5 Å². The van der Waals surface area contributed by atoms with Crippen molar-refractivity contribution in [1.82, 2.24) is 29.7 Å². The van der Waals surface area contributed by atoms with Gasteiger partial charge in [0.05, 0.1) is 29.7 Å². The molecule has 4 aromatic rings. The summed E-state index contributed by atoms with van der Waals surface area (Å²) in [6.07, 6.45) is 2.23. The normalized spacial score (nSPS) is 20.2. The monoisotopic (exact) mass is 528 g/mol. The van der Waals surface area contributed by atoms with E-state index in [-0.39, 0.29) is 28.8 Å². The minimum atomic E-state index is -4.93. The summed E-state index contributed by atoms with van der Waals surface area (Å²) in [5.74, 6) is -1.23. The van der Waals surface area contributed by atoms with Crippen molar-refractivity contribution in [2.75, 3.05) is 6.61 Å². The first kappa shape index (κ1) is 24.7. The van der Waals surface area contributed by atoms with E-state index in [1.807, 2.05) is 17.1 Å². The Balaban J connectivity index is 1.39. The van der Waals surface area contributed by atoms with E-state index in [1.54, 1.807) is 13.8 Å². The second-order valence-corrected chi connectivity index (χ2v) is 9.75. The Kier molecular flexibility index (Phi) is 6.01. The van der Waals surface area contributed by atoms with Crippen LogP contribution in [0.25, 0.3) is 22.4 Å². The summed E-state index contributed by atoms with van der Waals surface area (Å²) in [7, 11) is 0. The Morgan fingerprint density at radius 1 is 1.03 bits per heavy atom. The van der Waals surface area contributed by atoms with Crippen LogP contribution in [0.5, 0.6) is 5.75 Å². The maximum absolute atomic E-state index is 15.2. The van der Waals surface area contributed by atoms with Gasteiger partial charge in [0.2, 0.25) is 0 Å². The summed E-state index contributed by atoms with van der Waals surface area (Å²) in [6.45, 7) is 4.05. The molecule has 6 rings (SSSR count). The quantitative estimate of drug-likeness (QED) is 0.298. The number of rotatable bonds is 5. The molecule has 3 aromatic heterocycles. The predicted octanol–water partition coefficient (Wildman–Crippen LogP) is 5.91. The maximum atomic E-state index is 15.2. The lowest BCUT2D eigenvalue weighted by molar-refractivity contribution is -0.274. The average molecular weight is 529 g/mol. The number of halogens is 4. The molecule has 1 aliphatic carbocycles. The van der Waals surface area contributed by atoms with Crippen LogP contribution in [0.2, 0.25) is 0 Å². The zero-order valence-corrected chi connectivity index (χ0v) is 20.7. The molecule has 2 atom stereocenters. The molecule has 0 radical (unpaired) electrons. The lowest BCUT2D eigenvalue weighted by Gasteiger charge is -2.28. The number of hydrogen-bond donors (Lipinski definition) is 0. The van der Waals surface area contributed by atoms with Gasteiger partial charge in [0.15, 0.2) is 5.65 Å². The third-order valence-electron chi connectivity index (χ3n) is 6.95. The second kappa shape index (κ2) is 9.26. The highest BCUT2D eigenvalue weighted by Crippen LogP contribution is 2.40. The molecular weight excluding hydrogens is 504 g/mol. The molecule has 12 heteroatoms. The molecule has 1 unspecified atom stereocenters. The zero-order chi connectivity index (χ0) is 26.6. The van der Waals surface area contributed by atoms with Gasteiger partial charge in [-0.3, -0.25) is 4.68 Å². The third-order valence-corrected chi connectivity index (χ3v) is 6.95. The van der Waals surface area contributed by atoms with E-state index in [0.29, 0.717) is 54.4 Å². The van der Waals surface area contributed by atoms with E-state index in [1.165, 1.54) is 6.07 Å². The van der Waals surface area contributed by atoms with E-state index in [9.17, 15) is 13.2 Å². The van der Waals surface area contributed by atoms with Gasteiger partial charge in [0.1, 0.15) is 28.6 Å². The molecular formula is C26H24F4N6O2. The van der Waals surface area contributed by atoms with Crippen molar-refractivity contribution >= 4 is 11.2 Å². The van der Waals surface area contributed by atoms with E-state index >= 15 is 4.39 Å². The average Bonchev–Trinajstić information content (AvgIpc) is 3.60. The SMILES string of the molecule is Cc1nc2nc(C3CCO[C@@H](c4cnn(C5CC5)c4)C3)nc(-c3ccc(OC(F)(F)F)cc3F)c2nc1C. The van der Waals surface area contributed by atoms with E-state index in [4.69, 9.17) is 14.7 Å². The van der Waals surface area contributed by atoms with Crippen LogP contribution in [0.15, 0.2) is 30.6 Å². The highest BCUT2D eigenvalue weighted by molar-refractivity contribution is 5.87. The number of fused-ring (bicyclic) bond motifs is 1. The van der Waals surface area contributed by atoms with Crippen molar-refractivity contribution in [3.05, 3.63) is 59.2 Å². The minimum Gasteiger partial charge on any atom is -0.406 e. The van der Waals surface area contributed by atoms with Crippen molar-refractivity contribution in [2.24, 2.45) is 0 Å². The van der Waals surface area contributed by atoms with Gasteiger partial charge in [-0.25, -0.2) is 24.3 Å². The lowest BCUT2D eigenvalue weighted by Crippen LogP contribution is -2.20. The first-order valence-electron chi connectivity index (χ1n) is 12.4. The number of aromatic nitrogens is 6. The fourth-order valence-corrected chi connectivity index (χ4v) is 4.71. The standard InChI is InChI=1S/C26H24F4N6O2/c1-13-14(2)33-25-23(32-13)22(19-6-5-18(10-20(19)27)38-26(28,29)30)34-24(35-25)15-7-8-37-21(9-15)16-11-31-36(12-16)17-3-4-17/h5-6,10-12,15,17,21H,3-4,7-9H2,1-2H3/t15?,21-/m1/s1. The van der Waals surface area contributed by atoms with Gasteiger partial charge in [-0.05, 0) is 51.7 Å². The molecule has 0 amide bonds. The van der Waals surface area contributed by atoms with Crippen molar-refractivity contribution in [1.29, 1.82) is 0 Å². The number of alkyl halides is 3. The van der Waals surface area contributed by atoms with Crippen LogP contribution in [-0.2, 0) is 4.74 Å². The lowest BCUT2D eigenvalue weighted by atomic mass is 9.92. The fourth-order valence-electron chi connectivity index (χ4n) is 4.71. The van der Waals surface area contributed by atoms with Crippen LogP contribution in [0.3, 0.4) is 0 Å². The number of aryl methyl sites for hydroxylation is 2. The Labute approximate surface area is 215 Å². The highest BCUT2D eigenvalue weighted by atomic mass is 19.4. The van der Waals surface area contributed by atoms with Gasteiger partial charge in [-0.1, -0.05) is 0 Å². The van der Waals surface area contributed by atoms with Crippen LogP contribution in [0.4, 0.5) is 17.6 Å². The topological polar surface area (TPSA) is 87.8 Å². The number of nitrogens with zero attached hydrogens (tertiary/aromatic N) is 6. The molecule has 1 aromatic carbocycles. The molecule has 1 saturated carbocycles. The second-order valence-electron chi connectivity index (χ2n) is 9.75. The third kappa shape index (κ3) is 4.92. The minimum absolute atomic E-state index is 0.0138. The highest BCUT2D eigenvalue weighted by Gasteiger charge is 2.33. The summed E-state index contributed by atoms with van der Waals surface area (Å²) in [4.78, 5) is 18.5. The van der Waals surface area contributed by atoms with Gasteiger partial charge >= 0.3 is 6.36 Å². The predicted molar refractivity (Wildman–Crippen MR) is 128 cm³/mol. The van der Waals surface area contributed by atoms with Gasteiger partial charge in [-0.2, -0.15) is 5.10 Å². The first-order valence-corrected chi connectivity index (χ1v) is 12.4.